The molecular weight excluding hydrogens is 273 g/mol. The molecule has 5 heteroatoms. The number of benzene rings is 1. The fourth-order valence-corrected chi connectivity index (χ4v) is 1.28. The molecule has 0 aliphatic rings. The third-order valence-electron chi connectivity index (χ3n) is 1.40. The van der Waals surface area contributed by atoms with Gasteiger partial charge in [-0.25, -0.2) is 0 Å². The van der Waals surface area contributed by atoms with E-state index >= 15 is 0 Å². The number of hydrogen-bond acceptors (Lipinski definition) is 0. The predicted octanol–water partition coefficient (Wildman–Crippen LogP) is 4.49. The van der Waals surface area contributed by atoms with Gasteiger partial charge < -0.3 is 0 Å². The fraction of sp³-hybridized carbons (Fsp3) is 0.250. The van der Waals surface area contributed by atoms with Crippen molar-refractivity contribution < 1.29 is 0 Å². The van der Waals surface area contributed by atoms with E-state index in [1.54, 1.807) is 24.3 Å². The molecule has 1 aromatic rings. The van der Waals surface area contributed by atoms with Crippen LogP contribution in [0.5, 0.6) is 0 Å². The first-order valence-corrected chi connectivity index (χ1v) is 5.16. The highest BCUT2D eigenvalue weighted by Crippen LogP contribution is 2.52. The van der Waals surface area contributed by atoms with Crippen molar-refractivity contribution in [3.8, 4) is 0 Å². The second kappa shape index (κ2) is 4.04. The van der Waals surface area contributed by atoms with Gasteiger partial charge in [0, 0.05) is 0 Å². The molecule has 0 saturated carbocycles. The maximum atomic E-state index is 5.88. The molecule has 0 atom stereocenters. The molecule has 1 aromatic carbocycles. The SMILES string of the molecule is ClC(Cl)(Cl)C(Cl)(Cl)c1[c]cccc1. The lowest BCUT2D eigenvalue weighted by atomic mass is 10.1. The molecule has 0 saturated heterocycles. The molecule has 1 radical (unpaired) electrons. The molecule has 0 heterocycles. The summed E-state index contributed by atoms with van der Waals surface area (Å²) in [5.74, 6) is 0. The minimum absolute atomic E-state index is 0.429. The molecule has 0 N–H and O–H groups in total. The normalized spacial score (nSPS) is 13.0. The third kappa shape index (κ3) is 2.57. The summed E-state index contributed by atoms with van der Waals surface area (Å²) in [4.78, 5) is 0. The molecule has 0 amide bonds. The average Bonchev–Trinajstić information content (AvgIpc) is 2.04. The van der Waals surface area contributed by atoms with Crippen molar-refractivity contribution in [1.29, 1.82) is 0 Å². The zero-order valence-corrected chi connectivity index (χ0v) is 9.98. The van der Waals surface area contributed by atoms with E-state index in [0.29, 0.717) is 5.56 Å². The van der Waals surface area contributed by atoms with E-state index in [1.807, 2.05) is 0 Å². The summed E-state index contributed by atoms with van der Waals surface area (Å²) in [6.45, 7) is 0. The van der Waals surface area contributed by atoms with Gasteiger partial charge in [-0.2, -0.15) is 0 Å². The van der Waals surface area contributed by atoms with E-state index in [-0.39, 0.29) is 0 Å². The van der Waals surface area contributed by atoms with Gasteiger partial charge >= 0.3 is 0 Å². The molecule has 0 aliphatic heterocycles. The van der Waals surface area contributed by atoms with Crippen molar-refractivity contribution in [2.45, 2.75) is 8.13 Å². The van der Waals surface area contributed by atoms with Crippen molar-refractivity contribution in [2.75, 3.05) is 0 Å². The van der Waals surface area contributed by atoms with Gasteiger partial charge in [-0.3, -0.25) is 0 Å². The predicted molar refractivity (Wildman–Crippen MR) is 59.0 cm³/mol. The third-order valence-corrected chi connectivity index (χ3v) is 3.81. The Hall–Kier alpha value is 0.670. The topological polar surface area (TPSA) is 0 Å². The Labute approximate surface area is 102 Å². The molecule has 1 rings (SSSR count). The van der Waals surface area contributed by atoms with Gasteiger partial charge in [0.1, 0.15) is 0 Å². The summed E-state index contributed by atoms with van der Waals surface area (Å²) < 4.78 is -3.37. The van der Waals surface area contributed by atoms with E-state index in [4.69, 9.17) is 58.0 Å². The lowest BCUT2D eigenvalue weighted by Gasteiger charge is -2.27. The van der Waals surface area contributed by atoms with Crippen LogP contribution >= 0.6 is 58.0 Å². The quantitative estimate of drug-likeness (QED) is 0.664. The second-order valence-corrected chi connectivity index (χ2v) is 5.96. The fourth-order valence-electron chi connectivity index (χ4n) is 0.741. The van der Waals surface area contributed by atoms with E-state index in [2.05, 4.69) is 6.07 Å². The molecule has 0 aliphatic carbocycles. The van der Waals surface area contributed by atoms with Gasteiger partial charge in [0.25, 0.3) is 0 Å². The molecule has 0 unspecified atom stereocenters. The van der Waals surface area contributed by atoms with Gasteiger partial charge in [0.2, 0.25) is 3.79 Å². The molecule has 71 valence electrons. The highest BCUT2D eigenvalue weighted by Gasteiger charge is 2.47. The van der Waals surface area contributed by atoms with Gasteiger partial charge in [-0.05, 0) is 11.6 Å². The molecule has 13 heavy (non-hydrogen) atoms. The van der Waals surface area contributed by atoms with Crippen molar-refractivity contribution in [3.63, 3.8) is 0 Å². The summed E-state index contributed by atoms with van der Waals surface area (Å²) in [7, 11) is 0. The van der Waals surface area contributed by atoms with Crippen LogP contribution < -0.4 is 0 Å². The minimum Gasteiger partial charge on any atom is -0.0914 e. The smallest absolute Gasteiger partial charge is 0.0914 e. The average molecular weight is 277 g/mol. The Balaban J connectivity index is 3.08. The largest absolute Gasteiger partial charge is 0.227 e. The first-order chi connectivity index (χ1) is 5.86. The highest BCUT2D eigenvalue weighted by atomic mass is 35.6. The van der Waals surface area contributed by atoms with Gasteiger partial charge in [-0.1, -0.05) is 82.3 Å². The Morgan fingerprint density at radius 2 is 1.62 bits per heavy atom. The van der Waals surface area contributed by atoms with E-state index in [0.717, 1.165) is 0 Å². The Morgan fingerprint density at radius 3 is 2.00 bits per heavy atom. The lowest BCUT2D eigenvalue weighted by Crippen LogP contribution is -2.28. The van der Waals surface area contributed by atoms with E-state index in [9.17, 15) is 0 Å². The first-order valence-electron chi connectivity index (χ1n) is 3.27. The molecule has 0 fully saturated rings. The Kier molecular flexibility index (Phi) is 3.65. The number of halogens is 5. The first kappa shape index (κ1) is 11.7. The van der Waals surface area contributed by atoms with Gasteiger partial charge in [0.05, 0.1) is 0 Å². The maximum absolute atomic E-state index is 5.88. The van der Waals surface area contributed by atoms with Crippen LogP contribution in [0.25, 0.3) is 0 Å². The molecule has 0 nitrogen and oxygen atoms in total. The van der Waals surface area contributed by atoms with Gasteiger partial charge in [-0.15, -0.1) is 0 Å². The Bertz CT molecular complexity index is 274. The molecule has 0 bridgehead atoms. The van der Waals surface area contributed by atoms with Crippen LogP contribution in [0.15, 0.2) is 24.3 Å². The van der Waals surface area contributed by atoms with Crippen LogP contribution in [-0.2, 0) is 4.33 Å². The number of alkyl halides is 5. The zero-order chi connectivity index (χ0) is 10.1. The second-order valence-electron chi connectivity index (χ2n) is 2.35. The van der Waals surface area contributed by atoms with Crippen LogP contribution in [-0.4, -0.2) is 3.79 Å². The monoisotopic (exact) mass is 275 g/mol. The summed E-state index contributed by atoms with van der Waals surface area (Å²) in [6, 6.07) is 9.59. The van der Waals surface area contributed by atoms with Crippen LogP contribution in [0.3, 0.4) is 0 Å². The van der Waals surface area contributed by atoms with E-state index < -0.39 is 8.13 Å². The summed E-state index contributed by atoms with van der Waals surface area (Å²) in [5.41, 5.74) is 0.429. The van der Waals surface area contributed by atoms with Gasteiger partial charge in [0.15, 0.2) is 4.33 Å². The van der Waals surface area contributed by atoms with Crippen LogP contribution in [0, 0.1) is 6.07 Å². The minimum atomic E-state index is -1.78. The van der Waals surface area contributed by atoms with Crippen LogP contribution in [0.1, 0.15) is 5.56 Å². The molecule has 0 spiro atoms. The highest BCUT2D eigenvalue weighted by molar-refractivity contribution is 6.75. The number of rotatable bonds is 1. The summed E-state index contributed by atoms with van der Waals surface area (Å²) in [5, 5.41) is 0. The van der Waals surface area contributed by atoms with Crippen molar-refractivity contribution >= 4 is 58.0 Å². The van der Waals surface area contributed by atoms with Crippen LogP contribution in [0.4, 0.5) is 0 Å². The zero-order valence-electron chi connectivity index (χ0n) is 6.20. The van der Waals surface area contributed by atoms with E-state index in [1.165, 1.54) is 0 Å². The lowest BCUT2D eigenvalue weighted by molar-refractivity contribution is 0.876. The molecular formula is C8H4Cl5. The summed E-state index contributed by atoms with van der Waals surface area (Å²) >= 11 is 28.6. The Morgan fingerprint density at radius 1 is 1.00 bits per heavy atom. The van der Waals surface area contributed by atoms with Crippen molar-refractivity contribution in [3.05, 3.63) is 35.9 Å². The summed E-state index contributed by atoms with van der Waals surface area (Å²) in [6.07, 6.45) is 0. The standard InChI is InChI=1S/C8H4Cl5/c9-7(10,8(11,12)13)6-4-2-1-3-5-6/h1-4H. The van der Waals surface area contributed by atoms with Crippen molar-refractivity contribution in [1.82, 2.24) is 0 Å². The molecule has 0 aromatic heterocycles. The van der Waals surface area contributed by atoms with Crippen molar-refractivity contribution in [2.24, 2.45) is 0 Å². The number of hydrogen-bond donors (Lipinski definition) is 0. The van der Waals surface area contributed by atoms with Crippen LogP contribution in [0.2, 0.25) is 0 Å². The maximum Gasteiger partial charge on any atom is 0.227 e.